The Morgan fingerprint density at radius 1 is 1.12 bits per heavy atom. The molecule has 0 spiro atoms. The summed E-state index contributed by atoms with van der Waals surface area (Å²) in [5.41, 5.74) is 1.05. The maximum absolute atomic E-state index is 11.8. The summed E-state index contributed by atoms with van der Waals surface area (Å²) in [7, 11) is 0. The first-order valence-electron chi connectivity index (χ1n) is 8.77. The van der Waals surface area contributed by atoms with Gasteiger partial charge in [0, 0.05) is 19.4 Å². The number of fused-ring (bicyclic) bond motifs is 1. The van der Waals surface area contributed by atoms with Gasteiger partial charge in [0.2, 0.25) is 0 Å². The number of carbonyl (C=O) groups excluding carboxylic acids is 1. The molecule has 1 heterocycles. The van der Waals surface area contributed by atoms with Crippen LogP contribution in [0.25, 0.3) is 0 Å². The molecular weight excluding hydrogens is 308 g/mol. The van der Waals surface area contributed by atoms with Crippen LogP contribution in [0.1, 0.15) is 38.7 Å². The van der Waals surface area contributed by atoms with Crippen molar-refractivity contribution in [3.05, 3.63) is 23.8 Å². The lowest BCUT2D eigenvalue weighted by Crippen LogP contribution is -2.12. The molecule has 1 aliphatic heterocycles. The molecule has 0 N–H and O–H groups in total. The Kier molecular flexibility index (Phi) is 7.89. The van der Waals surface area contributed by atoms with Crippen molar-refractivity contribution in [1.82, 2.24) is 0 Å². The maximum atomic E-state index is 11.8. The van der Waals surface area contributed by atoms with Crippen LogP contribution < -0.4 is 9.47 Å². The van der Waals surface area contributed by atoms with Gasteiger partial charge in [0.15, 0.2) is 11.5 Å². The maximum Gasteiger partial charge on any atom is 0.306 e. The van der Waals surface area contributed by atoms with Crippen molar-refractivity contribution in [3.63, 3.8) is 0 Å². The summed E-state index contributed by atoms with van der Waals surface area (Å²) in [6.07, 6.45) is 2.89. The molecule has 1 aromatic carbocycles. The minimum Gasteiger partial charge on any atom is -0.490 e. The topological polar surface area (TPSA) is 54.0 Å². The standard InChI is InChI=1S/C19H28O5/c1-15(2)8-11-21-12-13-24-19(20)7-5-16-4-6-17-18(14-16)23-10-3-9-22-17/h4,6,14-15H,3,5,7-13H2,1-2H3. The number of rotatable bonds is 9. The zero-order valence-electron chi connectivity index (χ0n) is 14.7. The third kappa shape index (κ3) is 6.79. The van der Waals surface area contributed by atoms with Crippen molar-refractivity contribution < 1.29 is 23.7 Å². The Morgan fingerprint density at radius 2 is 1.92 bits per heavy atom. The van der Waals surface area contributed by atoms with E-state index in [-0.39, 0.29) is 5.97 Å². The Bertz CT molecular complexity index is 512. The van der Waals surface area contributed by atoms with Crippen molar-refractivity contribution in [2.75, 3.05) is 33.0 Å². The molecular formula is C19H28O5. The van der Waals surface area contributed by atoms with Crippen molar-refractivity contribution in [1.29, 1.82) is 0 Å². The Balaban J connectivity index is 1.64. The second kappa shape index (κ2) is 10.2. The van der Waals surface area contributed by atoms with Crippen LogP contribution in [0.15, 0.2) is 18.2 Å². The van der Waals surface area contributed by atoms with Gasteiger partial charge in [-0.05, 0) is 36.5 Å². The SMILES string of the molecule is CC(C)CCOCCOC(=O)CCc1ccc2c(c1)OCCCO2. The molecule has 0 aromatic heterocycles. The van der Waals surface area contributed by atoms with Crippen LogP contribution >= 0.6 is 0 Å². The molecule has 0 amide bonds. The fourth-order valence-corrected chi connectivity index (χ4v) is 2.32. The molecule has 0 unspecified atom stereocenters. The zero-order valence-corrected chi connectivity index (χ0v) is 14.7. The van der Waals surface area contributed by atoms with Gasteiger partial charge in [0.25, 0.3) is 0 Å². The first-order chi connectivity index (χ1) is 11.6. The average Bonchev–Trinajstić information content (AvgIpc) is 2.80. The van der Waals surface area contributed by atoms with Crippen LogP contribution in [-0.4, -0.2) is 39.0 Å². The zero-order chi connectivity index (χ0) is 17.2. The monoisotopic (exact) mass is 336 g/mol. The summed E-state index contributed by atoms with van der Waals surface area (Å²) in [6, 6.07) is 5.82. The number of hydrogen-bond acceptors (Lipinski definition) is 5. The van der Waals surface area contributed by atoms with E-state index < -0.39 is 0 Å². The first-order valence-corrected chi connectivity index (χ1v) is 8.77. The smallest absolute Gasteiger partial charge is 0.306 e. The number of aryl methyl sites for hydroxylation is 1. The highest BCUT2D eigenvalue weighted by Gasteiger charge is 2.11. The van der Waals surface area contributed by atoms with Crippen LogP contribution in [0.2, 0.25) is 0 Å². The van der Waals surface area contributed by atoms with Crippen LogP contribution in [0.4, 0.5) is 0 Å². The number of benzene rings is 1. The number of carbonyl (C=O) groups is 1. The van der Waals surface area contributed by atoms with Crippen LogP contribution in [-0.2, 0) is 20.7 Å². The highest BCUT2D eigenvalue weighted by Crippen LogP contribution is 2.30. The van der Waals surface area contributed by atoms with Gasteiger partial charge < -0.3 is 18.9 Å². The third-order valence-corrected chi connectivity index (χ3v) is 3.76. The van der Waals surface area contributed by atoms with Crippen LogP contribution in [0, 0.1) is 5.92 Å². The number of ether oxygens (including phenoxy) is 4. The third-order valence-electron chi connectivity index (χ3n) is 3.76. The molecule has 0 aliphatic carbocycles. The predicted molar refractivity (Wildman–Crippen MR) is 91.6 cm³/mol. The van der Waals surface area contributed by atoms with Crippen molar-refractivity contribution >= 4 is 5.97 Å². The fraction of sp³-hybridized carbons (Fsp3) is 0.632. The lowest BCUT2D eigenvalue weighted by Gasteiger charge is -2.10. The second-order valence-electron chi connectivity index (χ2n) is 6.35. The summed E-state index contributed by atoms with van der Waals surface area (Å²) in [6.45, 7) is 7.15. The molecule has 0 bridgehead atoms. The van der Waals surface area contributed by atoms with E-state index in [2.05, 4.69) is 13.8 Å². The molecule has 2 rings (SSSR count). The van der Waals surface area contributed by atoms with E-state index in [0.717, 1.165) is 29.9 Å². The molecule has 5 heteroatoms. The lowest BCUT2D eigenvalue weighted by atomic mass is 10.1. The number of hydrogen-bond donors (Lipinski definition) is 0. The van der Waals surface area contributed by atoms with E-state index in [0.29, 0.717) is 51.8 Å². The predicted octanol–water partition coefficient (Wildman–Crippen LogP) is 3.39. The van der Waals surface area contributed by atoms with Crippen LogP contribution in [0.5, 0.6) is 11.5 Å². The molecule has 0 saturated carbocycles. The summed E-state index contributed by atoms with van der Waals surface area (Å²) in [5.74, 6) is 1.96. The minimum absolute atomic E-state index is 0.199. The van der Waals surface area contributed by atoms with Gasteiger partial charge in [-0.1, -0.05) is 19.9 Å². The molecule has 1 aromatic rings. The Hall–Kier alpha value is -1.75. The van der Waals surface area contributed by atoms with E-state index >= 15 is 0 Å². The summed E-state index contributed by atoms with van der Waals surface area (Å²) < 4.78 is 21.9. The Labute approximate surface area is 144 Å². The van der Waals surface area contributed by atoms with Crippen molar-refractivity contribution in [2.45, 2.75) is 39.5 Å². The largest absolute Gasteiger partial charge is 0.490 e. The molecule has 5 nitrogen and oxygen atoms in total. The first kappa shape index (κ1) is 18.6. The van der Waals surface area contributed by atoms with Gasteiger partial charge in [-0.2, -0.15) is 0 Å². The van der Waals surface area contributed by atoms with E-state index in [1.807, 2.05) is 18.2 Å². The van der Waals surface area contributed by atoms with Crippen molar-refractivity contribution in [3.8, 4) is 11.5 Å². The quantitative estimate of drug-likeness (QED) is 0.511. The van der Waals surface area contributed by atoms with E-state index in [4.69, 9.17) is 18.9 Å². The molecule has 1 aliphatic rings. The molecule has 134 valence electrons. The van der Waals surface area contributed by atoms with Gasteiger partial charge in [0.1, 0.15) is 6.61 Å². The van der Waals surface area contributed by atoms with Gasteiger partial charge in [-0.25, -0.2) is 0 Å². The average molecular weight is 336 g/mol. The second-order valence-corrected chi connectivity index (χ2v) is 6.35. The van der Waals surface area contributed by atoms with E-state index in [1.54, 1.807) is 0 Å². The Morgan fingerprint density at radius 3 is 2.71 bits per heavy atom. The molecule has 0 radical (unpaired) electrons. The molecule has 0 fully saturated rings. The van der Waals surface area contributed by atoms with Gasteiger partial charge in [-0.15, -0.1) is 0 Å². The fourth-order valence-electron chi connectivity index (χ4n) is 2.32. The summed E-state index contributed by atoms with van der Waals surface area (Å²) in [5, 5.41) is 0. The lowest BCUT2D eigenvalue weighted by molar-refractivity contribution is -0.145. The molecule has 0 atom stereocenters. The van der Waals surface area contributed by atoms with Crippen molar-refractivity contribution in [2.24, 2.45) is 5.92 Å². The van der Waals surface area contributed by atoms with Gasteiger partial charge in [0.05, 0.1) is 19.8 Å². The highest BCUT2D eigenvalue weighted by atomic mass is 16.6. The van der Waals surface area contributed by atoms with E-state index in [1.165, 1.54) is 0 Å². The minimum atomic E-state index is -0.199. The highest BCUT2D eigenvalue weighted by molar-refractivity contribution is 5.69. The molecule has 24 heavy (non-hydrogen) atoms. The number of esters is 1. The molecule has 0 saturated heterocycles. The summed E-state index contributed by atoms with van der Waals surface area (Å²) in [4.78, 5) is 11.8. The van der Waals surface area contributed by atoms with E-state index in [9.17, 15) is 4.79 Å². The van der Waals surface area contributed by atoms with Gasteiger partial charge in [-0.3, -0.25) is 4.79 Å². The van der Waals surface area contributed by atoms with Gasteiger partial charge >= 0.3 is 5.97 Å². The summed E-state index contributed by atoms with van der Waals surface area (Å²) >= 11 is 0. The van der Waals surface area contributed by atoms with Crippen LogP contribution in [0.3, 0.4) is 0 Å². The normalized spacial score (nSPS) is 13.6.